The Morgan fingerprint density at radius 1 is 1.50 bits per heavy atom. The molecular formula is C17H23N3O4. The topological polar surface area (TPSA) is 91.6 Å². The largest absolute Gasteiger partial charge is 0.453 e. The van der Waals surface area contributed by atoms with Crippen LogP contribution in [0.15, 0.2) is 10.5 Å². The fraction of sp³-hybridized carbons (Fsp3) is 0.529. The van der Waals surface area contributed by atoms with Crippen molar-refractivity contribution in [3.63, 3.8) is 0 Å². The highest BCUT2D eigenvalue weighted by Gasteiger charge is 2.40. The van der Waals surface area contributed by atoms with E-state index in [-0.39, 0.29) is 30.4 Å². The van der Waals surface area contributed by atoms with Gasteiger partial charge >= 0.3 is 0 Å². The van der Waals surface area contributed by atoms with E-state index in [9.17, 15) is 9.90 Å². The number of aryl methyl sites for hydroxylation is 3. The predicted octanol–water partition coefficient (Wildman–Crippen LogP) is 2.02. The fourth-order valence-corrected chi connectivity index (χ4v) is 3.15. The number of rotatable bonds is 4. The van der Waals surface area contributed by atoms with Gasteiger partial charge in [-0.2, -0.15) is 0 Å². The summed E-state index contributed by atoms with van der Waals surface area (Å²) in [6, 6.07) is 1.50. The van der Waals surface area contributed by atoms with Gasteiger partial charge in [-0.3, -0.25) is 4.79 Å². The van der Waals surface area contributed by atoms with E-state index in [4.69, 9.17) is 9.15 Å². The zero-order valence-corrected chi connectivity index (χ0v) is 14.4. The number of amides is 1. The van der Waals surface area contributed by atoms with E-state index in [1.54, 1.807) is 25.0 Å². The molecule has 0 aliphatic carbocycles. The van der Waals surface area contributed by atoms with Crippen LogP contribution in [0.25, 0.3) is 0 Å². The summed E-state index contributed by atoms with van der Waals surface area (Å²) in [4.78, 5) is 22.5. The van der Waals surface area contributed by atoms with Gasteiger partial charge in [0.1, 0.15) is 18.2 Å². The van der Waals surface area contributed by atoms with Crippen molar-refractivity contribution in [2.45, 2.75) is 45.9 Å². The van der Waals surface area contributed by atoms with Crippen LogP contribution >= 0.6 is 0 Å². The van der Waals surface area contributed by atoms with Crippen molar-refractivity contribution in [1.82, 2.24) is 14.9 Å². The molecule has 0 aromatic carbocycles. The molecule has 0 unspecified atom stereocenters. The Kier molecular flexibility index (Phi) is 4.47. The van der Waals surface area contributed by atoms with Gasteiger partial charge in [-0.1, -0.05) is 0 Å². The lowest BCUT2D eigenvalue weighted by molar-refractivity contribution is 0.0649. The minimum atomic E-state index is -0.227. The summed E-state index contributed by atoms with van der Waals surface area (Å²) in [7, 11) is 1.65. The molecule has 0 saturated carbocycles. The molecule has 1 fully saturated rings. The number of hydrogen-bond acceptors (Lipinski definition) is 5. The minimum Gasteiger partial charge on any atom is -0.453 e. The van der Waals surface area contributed by atoms with Crippen LogP contribution in [-0.2, 0) is 11.3 Å². The van der Waals surface area contributed by atoms with Gasteiger partial charge in [0.05, 0.1) is 17.8 Å². The number of methoxy groups -OCH3 is 1. The maximum Gasteiger partial charge on any atom is 0.290 e. The molecule has 0 spiro atoms. The first-order valence-electron chi connectivity index (χ1n) is 8.01. The molecule has 24 heavy (non-hydrogen) atoms. The van der Waals surface area contributed by atoms with E-state index in [1.165, 1.54) is 0 Å². The highest BCUT2D eigenvalue weighted by molar-refractivity contribution is 5.93. The second kappa shape index (κ2) is 6.41. The van der Waals surface area contributed by atoms with Crippen LogP contribution in [-0.4, -0.2) is 45.6 Å². The van der Waals surface area contributed by atoms with Crippen LogP contribution in [0.2, 0.25) is 0 Å². The van der Waals surface area contributed by atoms with Crippen molar-refractivity contribution < 1.29 is 19.1 Å². The van der Waals surface area contributed by atoms with Crippen LogP contribution in [0.3, 0.4) is 0 Å². The molecule has 130 valence electrons. The molecule has 2 aromatic heterocycles. The monoisotopic (exact) mass is 333 g/mol. The lowest BCUT2D eigenvalue weighted by atomic mass is 10.1. The van der Waals surface area contributed by atoms with Crippen molar-refractivity contribution in [3.8, 4) is 0 Å². The molecule has 0 radical (unpaired) electrons. The number of ether oxygens (including phenoxy) is 1. The summed E-state index contributed by atoms with van der Waals surface area (Å²) in [5, 5.41) is 9.21. The van der Waals surface area contributed by atoms with E-state index in [0.717, 1.165) is 22.8 Å². The van der Waals surface area contributed by atoms with Crippen LogP contribution in [0.5, 0.6) is 0 Å². The van der Waals surface area contributed by atoms with Crippen molar-refractivity contribution >= 4 is 5.91 Å². The Hall–Kier alpha value is -2.12. The summed E-state index contributed by atoms with van der Waals surface area (Å²) in [5.41, 5.74) is 2.64. The fourth-order valence-electron chi connectivity index (χ4n) is 3.15. The number of aliphatic hydroxyl groups is 1. The Bertz CT molecular complexity index is 730. The van der Waals surface area contributed by atoms with Crippen LogP contribution in [0, 0.1) is 20.8 Å². The van der Waals surface area contributed by atoms with Crippen molar-refractivity contribution in [3.05, 3.63) is 40.4 Å². The van der Waals surface area contributed by atoms with E-state index < -0.39 is 0 Å². The Morgan fingerprint density at radius 2 is 2.25 bits per heavy atom. The number of nitrogens with one attached hydrogen (secondary N) is 1. The molecule has 1 saturated heterocycles. The van der Waals surface area contributed by atoms with E-state index in [2.05, 4.69) is 9.97 Å². The van der Waals surface area contributed by atoms with Crippen molar-refractivity contribution in [2.75, 3.05) is 13.7 Å². The summed E-state index contributed by atoms with van der Waals surface area (Å²) < 4.78 is 11.0. The van der Waals surface area contributed by atoms with Crippen LogP contribution in [0.1, 0.15) is 51.6 Å². The zero-order chi connectivity index (χ0) is 17.4. The quantitative estimate of drug-likeness (QED) is 0.893. The second-order valence-corrected chi connectivity index (χ2v) is 6.28. The SMILES string of the molecule is CO[C@@H]1C[C@@H](c2nc(C)c(C)[nH]2)N(C(=O)c2oc(CO)cc2C)C1. The first kappa shape index (κ1) is 16.7. The Balaban J connectivity index is 1.93. The molecule has 7 nitrogen and oxygen atoms in total. The number of furan rings is 1. The first-order valence-corrected chi connectivity index (χ1v) is 8.01. The maximum atomic E-state index is 13.0. The molecular weight excluding hydrogens is 310 g/mol. The van der Waals surface area contributed by atoms with Gasteiger partial charge in [-0.25, -0.2) is 4.98 Å². The van der Waals surface area contributed by atoms with E-state index in [0.29, 0.717) is 18.7 Å². The third-order valence-electron chi connectivity index (χ3n) is 4.64. The van der Waals surface area contributed by atoms with Crippen LogP contribution < -0.4 is 0 Å². The second-order valence-electron chi connectivity index (χ2n) is 6.28. The highest BCUT2D eigenvalue weighted by atomic mass is 16.5. The van der Waals surface area contributed by atoms with Gasteiger partial charge in [0.15, 0.2) is 5.76 Å². The van der Waals surface area contributed by atoms with Crippen molar-refractivity contribution in [1.29, 1.82) is 0 Å². The summed E-state index contributed by atoms with van der Waals surface area (Å²) in [6.07, 6.45) is 0.638. The predicted molar refractivity (Wildman–Crippen MR) is 86.6 cm³/mol. The number of nitrogens with zero attached hydrogens (tertiary/aromatic N) is 2. The lowest BCUT2D eigenvalue weighted by Gasteiger charge is -2.22. The Labute approximate surface area is 140 Å². The van der Waals surface area contributed by atoms with E-state index >= 15 is 0 Å². The number of carbonyl (C=O) groups excluding carboxylic acids is 1. The number of H-pyrrole nitrogens is 1. The average molecular weight is 333 g/mol. The van der Waals surface area contributed by atoms with Gasteiger partial charge < -0.3 is 24.1 Å². The molecule has 1 aliphatic rings. The number of carbonyl (C=O) groups is 1. The van der Waals surface area contributed by atoms with Gasteiger partial charge in [0.25, 0.3) is 5.91 Å². The molecule has 1 amide bonds. The molecule has 2 N–H and O–H groups in total. The normalized spacial score (nSPS) is 20.8. The van der Waals surface area contributed by atoms with Gasteiger partial charge in [0.2, 0.25) is 0 Å². The number of aliphatic hydroxyl groups excluding tert-OH is 1. The number of aromatic amines is 1. The summed E-state index contributed by atoms with van der Waals surface area (Å²) >= 11 is 0. The van der Waals surface area contributed by atoms with Crippen molar-refractivity contribution in [2.24, 2.45) is 0 Å². The van der Waals surface area contributed by atoms with E-state index in [1.807, 2.05) is 13.8 Å². The molecule has 3 rings (SSSR count). The summed E-state index contributed by atoms with van der Waals surface area (Å²) in [6.45, 7) is 5.96. The number of aromatic nitrogens is 2. The molecule has 0 bridgehead atoms. The molecule has 1 aliphatic heterocycles. The maximum absolute atomic E-state index is 13.0. The molecule has 2 atom stereocenters. The number of hydrogen-bond donors (Lipinski definition) is 2. The molecule has 3 heterocycles. The number of likely N-dealkylation sites (tertiary alicyclic amines) is 1. The zero-order valence-electron chi connectivity index (χ0n) is 14.4. The highest BCUT2D eigenvalue weighted by Crippen LogP contribution is 2.34. The third kappa shape index (κ3) is 2.85. The first-order chi connectivity index (χ1) is 11.4. The molecule has 7 heteroatoms. The number of imidazole rings is 1. The smallest absolute Gasteiger partial charge is 0.290 e. The molecule has 2 aromatic rings. The average Bonchev–Trinajstić information content (AvgIpc) is 3.24. The van der Waals surface area contributed by atoms with Gasteiger partial charge in [0, 0.05) is 31.3 Å². The van der Waals surface area contributed by atoms with Gasteiger partial charge in [-0.05, 0) is 26.8 Å². The van der Waals surface area contributed by atoms with Crippen LogP contribution in [0.4, 0.5) is 0 Å². The Morgan fingerprint density at radius 3 is 2.79 bits per heavy atom. The lowest BCUT2D eigenvalue weighted by Crippen LogP contribution is -2.32. The van der Waals surface area contributed by atoms with Gasteiger partial charge in [-0.15, -0.1) is 0 Å². The third-order valence-corrected chi connectivity index (χ3v) is 4.64. The minimum absolute atomic E-state index is 0.0442. The summed E-state index contributed by atoms with van der Waals surface area (Å²) in [5.74, 6) is 1.22. The standard InChI is InChI=1S/C17H23N3O4/c1-9-5-13(8-21)24-15(9)17(22)20-7-12(23-4)6-14(20)16-18-10(2)11(3)19-16/h5,12,14,21H,6-8H2,1-4H3,(H,18,19)/t12-,14+/m1/s1.